The van der Waals surface area contributed by atoms with Gasteiger partial charge >= 0.3 is 0 Å². The molecular weight excluding hydrogens is 316 g/mol. The van der Waals surface area contributed by atoms with E-state index in [4.69, 9.17) is 11.6 Å². The molecule has 1 heterocycles. The van der Waals surface area contributed by atoms with Crippen molar-refractivity contribution in [2.24, 2.45) is 0 Å². The van der Waals surface area contributed by atoms with E-state index >= 15 is 0 Å². The summed E-state index contributed by atoms with van der Waals surface area (Å²) in [6.45, 7) is 1.97. The quantitative estimate of drug-likeness (QED) is 0.846. The monoisotopic (exact) mass is 324 g/mol. The number of benzene rings is 1. The van der Waals surface area contributed by atoms with Crippen LogP contribution in [0.3, 0.4) is 0 Å². The lowest BCUT2D eigenvalue weighted by molar-refractivity contribution is 0.102. The molecule has 0 radical (unpaired) electrons. The van der Waals surface area contributed by atoms with Crippen LogP contribution in [0.2, 0.25) is 5.15 Å². The lowest BCUT2D eigenvalue weighted by Gasteiger charge is -2.06. The fraction of sp³-hybridized carbons (Fsp3) is 0.0769. The van der Waals surface area contributed by atoms with Gasteiger partial charge in [-0.3, -0.25) is 4.79 Å². The third-order valence-corrected chi connectivity index (χ3v) is 3.48. The summed E-state index contributed by atoms with van der Waals surface area (Å²) in [5, 5.41) is 3.11. The Hall–Kier alpha value is -1.39. The first-order valence-corrected chi connectivity index (χ1v) is 6.42. The summed E-state index contributed by atoms with van der Waals surface area (Å²) in [5.41, 5.74) is 2.29. The molecule has 18 heavy (non-hydrogen) atoms. The largest absolute Gasteiger partial charge is 0.322 e. The standard InChI is InChI=1S/C13H10BrClN2O/c1-8-2-3-9(6-11(8)14)13(18)17-10-4-5-16-12(15)7-10/h2-7H,1H3,(H,16,17,18). The number of anilines is 1. The number of halogens is 2. The van der Waals surface area contributed by atoms with Crippen molar-refractivity contribution in [2.75, 3.05) is 5.32 Å². The van der Waals surface area contributed by atoms with Gasteiger partial charge in [0.15, 0.2) is 0 Å². The van der Waals surface area contributed by atoms with E-state index in [1.807, 2.05) is 13.0 Å². The first-order chi connectivity index (χ1) is 8.56. The SMILES string of the molecule is Cc1ccc(C(=O)Nc2ccnc(Cl)c2)cc1Br. The van der Waals surface area contributed by atoms with Crippen LogP contribution in [0.25, 0.3) is 0 Å². The second kappa shape index (κ2) is 5.50. The van der Waals surface area contributed by atoms with Crippen LogP contribution in [0, 0.1) is 6.92 Å². The summed E-state index contributed by atoms with van der Waals surface area (Å²) >= 11 is 9.15. The van der Waals surface area contributed by atoms with Crippen molar-refractivity contribution >= 4 is 39.1 Å². The first kappa shape index (κ1) is 13.1. The predicted molar refractivity (Wildman–Crippen MR) is 76.1 cm³/mol. The number of nitrogens with zero attached hydrogens (tertiary/aromatic N) is 1. The molecule has 0 saturated heterocycles. The summed E-state index contributed by atoms with van der Waals surface area (Å²) in [6, 6.07) is 8.74. The molecule has 2 aromatic rings. The summed E-state index contributed by atoms with van der Waals surface area (Å²) < 4.78 is 0.905. The van der Waals surface area contributed by atoms with E-state index in [0.717, 1.165) is 10.0 Å². The molecule has 0 aliphatic heterocycles. The van der Waals surface area contributed by atoms with Gasteiger partial charge in [0.2, 0.25) is 0 Å². The maximum absolute atomic E-state index is 12.0. The molecule has 0 atom stereocenters. The third-order valence-electron chi connectivity index (χ3n) is 2.42. The van der Waals surface area contributed by atoms with E-state index in [2.05, 4.69) is 26.2 Å². The van der Waals surface area contributed by atoms with Gasteiger partial charge in [0, 0.05) is 21.9 Å². The number of nitrogens with one attached hydrogen (secondary N) is 1. The molecular formula is C13H10BrClN2O. The van der Waals surface area contributed by atoms with Crippen molar-refractivity contribution in [1.29, 1.82) is 0 Å². The normalized spacial score (nSPS) is 10.2. The second-order valence-corrected chi connectivity index (χ2v) is 5.03. The molecule has 5 heteroatoms. The zero-order chi connectivity index (χ0) is 13.1. The molecule has 0 spiro atoms. The molecule has 0 unspecified atom stereocenters. The number of carbonyl (C=O) groups is 1. The van der Waals surface area contributed by atoms with E-state index in [1.165, 1.54) is 0 Å². The first-order valence-electron chi connectivity index (χ1n) is 5.25. The van der Waals surface area contributed by atoms with Crippen LogP contribution in [-0.2, 0) is 0 Å². The minimum Gasteiger partial charge on any atom is -0.322 e. The van der Waals surface area contributed by atoms with Crippen molar-refractivity contribution in [3.63, 3.8) is 0 Å². The Morgan fingerprint density at radius 3 is 2.78 bits per heavy atom. The maximum atomic E-state index is 12.0. The van der Waals surface area contributed by atoms with Crippen molar-refractivity contribution in [3.8, 4) is 0 Å². The lowest BCUT2D eigenvalue weighted by atomic mass is 10.1. The Morgan fingerprint density at radius 2 is 2.11 bits per heavy atom. The van der Waals surface area contributed by atoms with Crippen LogP contribution in [0.1, 0.15) is 15.9 Å². The Labute approximate surface area is 118 Å². The summed E-state index contributed by atoms with van der Waals surface area (Å²) in [5.74, 6) is -0.182. The Bertz CT molecular complexity index is 601. The van der Waals surface area contributed by atoms with Gasteiger partial charge in [-0.05, 0) is 36.8 Å². The molecule has 1 aromatic heterocycles. The van der Waals surface area contributed by atoms with Crippen LogP contribution in [0.15, 0.2) is 41.0 Å². The van der Waals surface area contributed by atoms with Gasteiger partial charge in [-0.2, -0.15) is 0 Å². The number of hydrogen-bond donors (Lipinski definition) is 1. The molecule has 0 aliphatic carbocycles. The average molecular weight is 326 g/mol. The highest BCUT2D eigenvalue weighted by molar-refractivity contribution is 9.10. The predicted octanol–water partition coefficient (Wildman–Crippen LogP) is 4.06. The molecule has 0 saturated carbocycles. The average Bonchev–Trinajstić information content (AvgIpc) is 2.32. The Kier molecular flexibility index (Phi) is 3.99. The number of hydrogen-bond acceptors (Lipinski definition) is 2. The van der Waals surface area contributed by atoms with E-state index in [0.29, 0.717) is 16.4 Å². The van der Waals surface area contributed by atoms with Crippen molar-refractivity contribution < 1.29 is 4.79 Å². The highest BCUT2D eigenvalue weighted by atomic mass is 79.9. The summed E-state index contributed by atoms with van der Waals surface area (Å²) in [4.78, 5) is 15.8. The highest BCUT2D eigenvalue weighted by Crippen LogP contribution is 2.19. The molecule has 0 bridgehead atoms. The Morgan fingerprint density at radius 1 is 1.33 bits per heavy atom. The minimum absolute atomic E-state index is 0.182. The maximum Gasteiger partial charge on any atom is 0.255 e. The topological polar surface area (TPSA) is 42.0 Å². The zero-order valence-corrected chi connectivity index (χ0v) is 11.9. The van der Waals surface area contributed by atoms with Crippen LogP contribution in [0.4, 0.5) is 5.69 Å². The van der Waals surface area contributed by atoms with Crippen LogP contribution in [-0.4, -0.2) is 10.9 Å². The molecule has 1 aromatic carbocycles. The summed E-state index contributed by atoms with van der Waals surface area (Å²) in [6.07, 6.45) is 1.54. The van der Waals surface area contributed by atoms with E-state index in [-0.39, 0.29) is 5.91 Å². The number of aryl methyl sites for hydroxylation is 1. The fourth-order valence-corrected chi connectivity index (χ4v) is 1.97. The highest BCUT2D eigenvalue weighted by Gasteiger charge is 2.07. The van der Waals surface area contributed by atoms with Crippen molar-refractivity contribution in [2.45, 2.75) is 6.92 Å². The van der Waals surface area contributed by atoms with Crippen LogP contribution >= 0.6 is 27.5 Å². The van der Waals surface area contributed by atoms with Crippen LogP contribution < -0.4 is 5.32 Å². The zero-order valence-electron chi connectivity index (χ0n) is 9.58. The van der Waals surface area contributed by atoms with Crippen LogP contribution in [0.5, 0.6) is 0 Å². The minimum atomic E-state index is -0.182. The van der Waals surface area contributed by atoms with Gasteiger partial charge in [-0.15, -0.1) is 0 Å². The van der Waals surface area contributed by atoms with Gasteiger partial charge in [0.25, 0.3) is 5.91 Å². The van der Waals surface area contributed by atoms with Crippen molar-refractivity contribution in [3.05, 3.63) is 57.3 Å². The number of amides is 1. The van der Waals surface area contributed by atoms with Gasteiger partial charge in [0.05, 0.1) is 0 Å². The van der Waals surface area contributed by atoms with E-state index < -0.39 is 0 Å². The third kappa shape index (κ3) is 3.09. The molecule has 1 N–H and O–H groups in total. The van der Waals surface area contributed by atoms with Crippen molar-refractivity contribution in [1.82, 2.24) is 4.98 Å². The van der Waals surface area contributed by atoms with E-state index in [9.17, 15) is 4.79 Å². The fourth-order valence-electron chi connectivity index (χ4n) is 1.42. The molecule has 1 amide bonds. The molecule has 0 fully saturated rings. The van der Waals surface area contributed by atoms with Gasteiger partial charge < -0.3 is 5.32 Å². The van der Waals surface area contributed by atoms with Gasteiger partial charge in [0.1, 0.15) is 5.15 Å². The molecule has 2 rings (SSSR count). The molecule has 0 aliphatic rings. The second-order valence-electron chi connectivity index (χ2n) is 3.79. The number of aromatic nitrogens is 1. The molecule has 3 nitrogen and oxygen atoms in total. The number of carbonyl (C=O) groups excluding carboxylic acids is 1. The lowest BCUT2D eigenvalue weighted by Crippen LogP contribution is -2.12. The smallest absolute Gasteiger partial charge is 0.255 e. The summed E-state index contributed by atoms with van der Waals surface area (Å²) in [7, 11) is 0. The molecule has 92 valence electrons. The van der Waals surface area contributed by atoms with Gasteiger partial charge in [-0.1, -0.05) is 33.6 Å². The van der Waals surface area contributed by atoms with E-state index in [1.54, 1.807) is 30.5 Å². The number of rotatable bonds is 2. The van der Waals surface area contributed by atoms with Gasteiger partial charge in [-0.25, -0.2) is 4.98 Å². The number of pyridine rings is 1. The Balaban J connectivity index is 2.19.